The summed E-state index contributed by atoms with van der Waals surface area (Å²) in [6.45, 7) is 2.34. The fourth-order valence-corrected chi connectivity index (χ4v) is 2.44. The summed E-state index contributed by atoms with van der Waals surface area (Å²) in [5.41, 5.74) is 7.60. The first kappa shape index (κ1) is 12.1. The number of nitrogen functional groups attached to an aromatic ring is 1. The quantitative estimate of drug-likeness (QED) is 0.789. The number of hydrogen-bond donors (Lipinski definition) is 2. The van der Waals surface area contributed by atoms with Crippen LogP contribution in [0.4, 0.5) is 11.4 Å². The molecule has 0 atom stereocenters. The van der Waals surface area contributed by atoms with Crippen LogP contribution in [0.25, 0.3) is 0 Å². The Hall–Kier alpha value is -1.38. The molecular weight excluding hydrogens is 212 g/mol. The summed E-state index contributed by atoms with van der Waals surface area (Å²) in [5.74, 6) is 1.63. The van der Waals surface area contributed by atoms with Gasteiger partial charge in [0.25, 0.3) is 0 Å². The van der Waals surface area contributed by atoms with Crippen molar-refractivity contribution in [1.29, 1.82) is 0 Å². The van der Waals surface area contributed by atoms with Crippen LogP contribution >= 0.6 is 0 Å². The summed E-state index contributed by atoms with van der Waals surface area (Å²) >= 11 is 0. The van der Waals surface area contributed by atoms with Crippen molar-refractivity contribution >= 4 is 11.4 Å². The molecule has 0 bridgehead atoms. The monoisotopic (exact) mass is 234 g/mol. The Kier molecular flexibility index (Phi) is 3.77. The summed E-state index contributed by atoms with van der Waals surface area (Å²) in [5, 5.41) is 3.57. The fourth-order valence-electron chi connectivity index (χ4n) is 2.44. The van der Waals surface area contributed by atoms with E-state index in [-0.39, 0.29) is 0 Å². The minimum atomic E-state index is 0.597. The molecular formula is C14H22N2O. The molecule has 2 rings (SSSR count). The van der Waals surface area contributed by atoms with E-state index in [1.54, 1.807) is 7.11 Å². The third-order valence-electron chi connectivity index (χ3n) is 3.62. The molecule has 0 aliphatic heterocycles. The molecule has 1 aliphatic rings. The van der Waals surface area contributed by atoms with Crippen LogP contribution in [-0.2, 0) is 0 Å². The second-order valence-corrected chi connectivity index (χ2v) is 5.06. The van der Waals surface area contributed by atoms with Crippen molar-refractivity contribution < 1.29 is 4.74 Å². The Bertz CT molecular complexity index is 370. The molecule has 1 aromatic rings. The van der Waals surface area contributed by atoms with Crippen molar-refractivity contribution in [3.05, 3.63) is 18.2 Å². The molecule has 1 fully saturated rings. The number of anilines is 2. The van der Waals surface area contributed by atoms with Crippen LogP contribution in [0, 0.1) is 5.92 Å². The van der Waals surface area contributed by atoms with E-state index >= 15 is 0 Å². The molecule has 0 radical (unpaired) electrons. The first-order valence-corrected chi connectivity index (χ1v) is 6.39. The van der Waals surface area contributed by atoms with Gasteiger partial charge in [0, 0.05) is 17.8 Å². The number of hydrogen-bond acceptors (Lipinski definition) is 3. The predicted molar refractivity (Wildman–Crippen MR) is 72.4 cm³/mol. The highest BCUT2D eigenvalue weighted by molar-refractivity contribution is 5.61. The second kappa shape index (κ2) is 5.30. The van der Waals surface area contributed by atoms with Gasteiger partial charge in [-0.05, 0) is 43.7 Å². The maximum atomic E-state index is 5.80. The highest BCUT2D eigenvalue weighted by Crippen LogP contribution is 2.29. The summed E-state index contributed by atoms with van der Waals surface area (Å²) in [6.07, 6.45) is 5.16. The van der Waals surface area contributed by atoms with Gasteiger partial charge in [-0.25, -0.2) is 0 Å². The van der Waals surface area contributed by atoms with Gasteiger partial charge in [-0.15, -0.1) is 0 Å². The molecule has 17 heavy (non-hydrogen) atoms. The Balaban J connectivity index is 1.99. The summed E-state index contributed by atoms with van der Waals surface area (Å²) in [6, 6.07) is 6.50. The maximum Gasteiger partial charge on any atom is 0.143 e. The van der Waals surface area contributed by atoms with E-state index in [9.17, 15) is 0 Å². The first-order valence-electron chi connectivity index (χ1n) is 6.39. The highest BCUT2D eigenvalue weighted by atomic mass is 16.5. The molecule has 3 N–H and O–H groups in total. The van der Waals surface area contributed by atoms with Crippen LogP contribution in [0.3, 0.4) is 0 Å². The van der Waals surface area contributed by atoms with Crippen LogP contribution in [0.2, 0.25) is 0 Å². The van der Waals surface area contributed by atoms with Crippen molar-refractivity contribution in [3.63, 3.8) is 0 Å². The number of methoxy groups -OCH3 is 1. The average Bonchev–Trinajstić information content (AvgIpc) is 2.34. The van der Waals surface area contributed by atoms with E-state index in [1.165, 1.54) is 25.7 Å². The molecule has 0 aromatic heterocycles. The first-order chi connectivity index (χ1) is 8.19. The number of rotatable bonds is 3. The van der Waals surface area contributed by atoms with Crippen molar-refractivity contribution in [2.24, 2.45) is 5.92 Å². The van der Waals surface area contributed by atoms with Gasteiger partial charge < -0.3 is 15.8 Å². The van der Waals surface area contributed by atoms with Gasteiger partial charge in [-0.2, -0.15) is 0 Å². The van der Waals surface area contributed by atoms with E-state index in [0.29, 0.717) is 11.7 Å². The zero-order valence-electron chi connectivity index (χ0n) is 10.7. The molecule has 3 nitrogen and oxygen atoms in total. The smallest absolute Gasteiger partial charge is 0.143 e. The topological polar surface area (TPSA) is 47.3 Å². The van der Waals surface area contributed by atoms with E-state index in [1.807, 2.05) is 18.2 Å². The summed E-state index contributed by atoms with van der Waals surface area (Å²) < 4.78 is 5.23. The number of ether oxygens (including phenoxy) is 1. The minimum absolute atomic E-state index is 0.597. The van der Waals surface area contributed by atoms with Gasteiger partial charge in [-0.1, -0.05) is 6.92 Å². The van der Waals surface area contributed by atoms with Gasteiger partial charge >= 0.3 is 0 Å². The molecule has 0 heterocycles. The highest BCUT2D eigenvalue weighted by Gasteiger charge is 2.18. The standard InChI is InChI=1S/C14H22N2O/c1-10-3-5-11(6-4-10)16-12-7-8-13(15)14(9-12)17-2/h7-11,16H,3-6,15H2,1-2H3. The van der Waals surface area contributed by atoms with Crippen molar-refractivity contribution in [3.8, 4) is 5.75 Å². The third kappa shape index (κ3) is 3.05. The second-order valence-electron chi connectivity index (χ2n) is 5.06. The number of nitrogens with one attached hydrogen (secondary N) is 1. The van der Waals surface area contributed by atoms with Crippen LogP contribution < -0.4 is 15.8 Å². The lowest BCUT2D eigenvalue weighted by molar-refractivity contribution is 0.361. The SMILES string of the molecule is COc1cc(NC2CCC(C)CC2)ccc1N. The maximum absolute atomic E-state index is 5.80. The van der Waals surface area contributed by atoms with Gasteiger partial charge in [0.1, 0.15) is 5.75 Å². The van der Waals surface area contributed by atoms with E-state index in [2.05, 4.69) is 12.2 Å². The molecule has 1 saturated carbocycles. The molecule has 94 valence electrons. The van der Waals surface area contributed by atoms with E-state index < -0.39 is 0 Å². The zero-order chi connectivity index (χ0) is 12.3. The largest absolute Gasteiger partial charge is 0.495 e. The molecule has 0 unspecified atom stereocenters. The van der Waals surface area contributed by atoms with Gasteiger partial charge in [0.2, 0.25) is 0 Å². The molecule has 0 amide bonds. The van der Waals surface area contributed by atoms with Crippen LogP contribution in [-0.4, -0.2) is 13.2 Å². The average molecular weight is 234 g/mol. The summed E-state index contributed by atoms with van der Waals surface area (Å²) in [7, 11) is 1.65. The normalized spacial score (nSPS) is 24.4. The lowest BCUT2D eigenvalue weighted by atomic mass is 9.87. The molecule has 0 saturated heterocycles. The Morgan fingerprint density at radius 3 is 2.59 bits per heavy atom. The zero-order valence-corrected chi connectivity index (χ0v) is 10.7. The van der Waals surface area contributed by atoms with Gasteiger partial charge in [0.15, 0.2) is 0 Å². The van der Waals surface area contributed by atoms with E-state index in [4.69, 9.17) is 10.5 Å². The lowest BCUT2D eigenvalue weighted by Gasteiger charge is -2.27. The van der Waals surface area contributed by atoms with Crippen molar-refractivity contribution in [2.45, 2.75) is 38.6 Å². The molecule has 1 aromatic carbocycles. The third-order valence-corrected chi connectivity index (χ3v) is 3.62. The van der Waals surface area contributed by atoms with Gasteiger partial charge in [-0.3, -0.25) is 0 Å². The van der Waals surface area contributed by atoms with Crippen LogP contribution in [0.15, 0.2) is 18.2 Å². The van der Waals surface area contributed by atoms with Gasteiger partial charge in [0.05, 0.1) is 12.8 Å². The van der Waals surface area contributed by atoms with Crippen LogP contribution in [0.1, 0.15) is 32.6 Å². The fraction of sp³-hybridized carbons (Fsp3) is 0.571. The van der Waals surface area contributed by atoms with E-state index in [0.717, 1.165) is 17.4 Å². The lowest BCUT2D eigenvalue weighted by Crippen LogP contribution is -2.25. The molecule has 0 spiro atoms. The van der Waals surface area contributed by atoms with Crippen LogP contribution in [0.5, 0.6) is 5.75 Å². The number of benzene rings is 1. The van der Waals surface area contributed by atoms with Crippen molar-refractivity contribution in [2.75, 3.05) is 18.2 Å². The Labute approximate surface area is 103 Å². The number of nitrogens with two attached hydrogens (primary N) is 1. The Morgan fingerprint density at radius 2 is 1.94 bits per heavy atom. The predicted octanol–water partition coefficient (Wildman–Crippen LogP) is 3.27. The Morgan fingerprint density at radius 1 is 1.24 bits per heavy atom. The summed E-state index contributed by atoms with van der Waals surface area (Å²) in [4.78, 5) is 0. The molecule has 1 aliphatic carbocycles. The van der Waals surface area contributed by atoms with Crippen molar-refractivity contribution in [1.82, 2.24) is 0 Å². The molecule has 3 heteroatoms. The minimum Gasteiger partial charge on any atom is -0.495 e.